The van der Waals surface area contributed by atoms with Gasteiger partial charge in [0.25, 0.3) is 0 Å². The molecule has 12 heavy (non-hydrogen) atoms. The SMILES string of the molecule is N=C(N)/C(N)=N/S(=O)(=O)C(=N)N. The van der Waals surface area contributed by atoms with Crippen LogP contribution in [0.15, 0.2) is 4.40 Å². The molecule has 9 heteroatoms. The third kappa shape index (κ3) is 2.54. The van der Waals surface area contributed by atoms with E-state index in [1.807, 2.05) is 0 Å². The minimum atomic E-state index is -4.24. The molecule has 0 aromatic heterocycles. The van der Waals surface area contributed by atoms with Gasteiger partial charge in [-0.05, 0) is 0 Å². The quantitative estimate of drug-likeness (QED) is 0.228. The zero-order chi connectivity index (χ0) is 9.94. The summed E-state index contributed by atoms with van der Waals surface area (Å²) in [4.78, 5) is 0. The Kier molecular flexibility index (Phi) is 2.74. The van der Waals surface area contributed by atoms with Crippen molar-refractivity contribution in [2.24, 2.45) is 21.6 Å². The number of rotatable bonds is 1. The Labute approximate surface area is 68.5 Å². The van der Waals surface area contributed by atoms with E-state index in [9.17, 15) is 8.42 Å². The smallest absolute Gasteiger partial charge is 0.316 e. The zero-order valence-electron chi connectivity index (χ0n) is 5.90. The second-order valence-electron chi connectivity index (χ2n) is 1.73. The Balaban J connectivity index is 5.02. The summed E-state index contributed by atoms with van der Waals surface area (Å²) >= 11 is 0. The van der Waals surface area contributed by atoms with Gasteiger partial charge in [-0.3, -0.25) is 10.8 Å². The van der Waals surface area contributed by atoms with Gasteiger partial charge in [-0.1, -0.05) is 0 Å². The van der Waals surface area contributed by atoms with E-state index in [-0.39, 0.29) is 0 Å². The third-order valence-electron chi connectivity index (χ3n) is 0.772. The van der Waals surface area contributed by atoms with Crippen LogP contribution < -0.4 is 17.2 Å². The van der Waals surface area contributed by atoms with Crippen LogP contribution in [0, 0.1) is 10.8 Å². The molecule has 0 aliphatic carbocycles. The van der Waals surface area contributed by atoms with Crippen molar-refractivity contribution >= 4 is 26.9 Å². The van der Waals surface area contributed by atoms with Crippen molar-refractivity contribution in [3.05, 3.63) is 0 Å². The molecule has 0 aromatic rings. The fourth-order valence-electron chi connectivity index (χ4n) is 0.228. The molecule has 0 saturated heterocycles. The molecule has 0 bridgehead atoms. The number of sulfonamides is 1. The molecule has 0 spiro atoms. The topological polar surface area (TPSA) is 172 Å². The molecule has 0 saturated carbocycles. The minimum absolute atomic E-state index is 0.690. The van der Waals surface area contributed by atoms with E-state index in [0.717, 1.165) is 0 Å². The number of hydrogen-bond acceptors (Lipinski definition) is 4. The second kappa shape index (κ2) is 3.17. The Bertz CT molecular complexity index is 340. The molecular weight excluding hydrogens is 184 g/mol. The third-order valence-corrected chi connectivity index (χ3v) is 1.77. The van der Waals surface area contributed by atoms with E-state index in [1.54, 1.807) is 0 Å². The van der Waals surface area contributed by atoms with Gasteiger partial charge in [0.2, 0.25) is 5.17 Å². The minimum Gasteiger partial charge on any atom is -0.381 e. The maximum absolute atomic E-state index is 10.7. The molecule has 0 heterocycles. The summed E-state index contributed by atoms with van der Waals surface area (Å²) in [5.74, 6) is -1.38. The number of amidine groups is 3. The molecule has 68 valence electrons. The highest BCUT2D eigenvalue weighted by molar-refractivity contribution is 8.05. The number of hydrogen-bond donors (Lipinski definition) is 5. The van der Waals surface area contributed by atoms with E-state index < -0.39 is 26.9 Å². The Morgan fingerprint density at radius 3 is 1.83 bits per heavy atom. The fourth-order valence-corrected chi connectivity index (χ4v) is 0.683. The van der Waals surface area contributed by atoms with Gasteiger partial charge in [-0.15, -0.1) is 4.40 Å². The first-order chi connectivity index (χ1) is 5.27. The van der Waals surface area contributed by atoms with Crippen LogP contribution in [0.25, 0.3) is 0 Å². The van der Waals surface area contributed by atoms with E-state index in [1.165, 1.54) is 0 Å². The van der Waals surface area contributed by atoms with E-state index in [2.05, 4.69) is 10.1 Å². The summed E-state index contributed by atoms with van der Waals surface area (Å²) in [5.41, 5.74) is 14.3. The zero-order valence-corrected chi connectivity index (χ0v) is 6.72. The molecular formula is C3H8N6O2S. The molecule has 0 radical (unpaired) electrons. The molecule has 0 fully saturated rings. The highest BCUT2D eigenvalue weighted by Crippen LogP contribution is 1.89. The molecule has 0 amide bonds. The summed E-state index contributed by atoms with van der Waals surface area (Å²) in [6.07, 6.45) is 0. The van der Waals surface area contributed by atoms with Crippen LogP contribution in [0.5, 0.6) is 0 Å². The molecule has 0 unspecified atom stereocenters. The Morgan fingerprint density at radius 1 is 1.17 bits per heavy atom. The van der Waals surface area contributed by atoms with Gasteiger partial charge in [0.15, 0.2) is 11.7 Å². The predicted molar refractivity (Wildman–Crippen MR) is 44.4 cm³/mol. The maximum atomic E-state index is 10.7. The normalized spacial score (nSPS) is 12.5. The molecule has 0 rings (SSSR count). The van der Waals surface area contributed by atoms with Gasteiger partial charge in [0, 0.05) is 0 Å². The lowest BCUT2D eigenvalue weighted by Crippen LogP contribution is -2.33. The van der Waals surface area contributed by atoms with Crippen molar-refractivity contribution in [1.82, 2.24) is 0 Å². The molecule has 0 aliphatic rings. The van der Waals surface area contributed by atoms with Gasteiger partial charge >= 0.3 is 10.0 Å². The van der Waals surface area contributed by atoms with Crippen LogP contribution in [-0.2, 0) is 10.0 Å². The summed E-state index contributed by atoms with van der Waals surface area (Å²) in [6, 6.07) is 0. The molecule has 0 atom stereocenters. The van der Waals surface area contributed by atoms with E-state index in [0.29, 0.717) is 0 Å². The monoisotopic (exact) mass is 192 g/mol. The van der Waals surface area contributed by atoms with Gasteiger partial charge in [0.05, 0.1) is 0 Å². The molecule has 0 aromatic carbocycles. The van der Waals surface area contributed by atoms with Crippen molar-refractivity contribution in [3.63, 3.8) is 0 Å². The highest BCUT2D eigenvalue weighted by Gasteiger charge is 2.13. The number of nitrogens with one attached hydrogen (secondary N) is 2. The summed E-state index contributed by atoms with van der Waals surface area (Å²) in [7, 11) is -4.24. The van der Waals surface area contributed by atoms with Crippen molar-refractivity contribution in [2.75, 3.05) is 0 Å². The van der Waals surface area contributed by atoms with Crippen LogP contribution in [-0.4, -0.2) is 25.3 Å². The summed E-state index contributed by atoms with van der Waals surface area (Å²) in [6.45, 7) is 0. The van der Waals surface area contributed by atoms with Crippen molar-refractivity contribution < 1.29 is 8.42 Å². The lowest BCUT2D eigenvalue weighted by atomic mass is 10.6. The largest absolute Gasteiger partial charge is 0.381 e. The lowest BCUT2D eigenvalue weighted by molar-refractivity contribution is 0.608. The highest BCUT2D eigenvalue weighted by atomic mass is 32.2. The first-order valence-electron chi connectivity index (χ1n) is 2.56. The Hall–Kier alpha value is -1.64. The van der Waals surface area contributed by atoms with Crippen molar-refractivity contribution in [2.45, 2.75) is 0 Å². The molecule has 8 N–H and O–H groups in total. The van der Waals surface area contributed by atoms with Crippen LogP contribution in [0.2, 0.25) is 0 Å². The lowest BCUT2D eigenvalue weighted by Gasteiger charge is -1.96. The number of nitrogens with two attached hydrogens (primary N) is 3. The summed E-state index contributed by atoms with van der Waals surface area (Å²) < 4.78 is 24.1. The van der Waals surface area contributed by atoms with Crippen molar-refractivity contribution in [1.29, 1.82) is 10.8 Å². The van der Waals surface area contributed by atoms with Crippen LogP contribution >= 0.6 is 0 Å². The summed E-state index contributed by atoms with van der Waals surface area (Å²) in [5, 5.41) is 12.1. The van der Waals surface area contributed by atoms with Crippen LogP contribution in [0.3, 0.4) is 0 Å². The van der Waals surface area contributed by atoms with Gasteiger partial charge in [-0.25, -0.2) is 0 Å². The van der Waals surface area contributed by atoms with Crippen molar-refractivity contribution in [3.8, 4) is 0 Å². The van der Waals surface area contributed by atoms with E-state index >= 15 is 0 Å². The second-order valence-corrected chi connectivity index (χ2v) is 3.30. The molecule has 8 nitrogen and oxygen atoms in total. The molecule has 0 aliphatic heterocycles. The average molecular weight is 192 g/mol. The van der Waals surface area contributed by atoms with Gasteiger partial charge in [-0.2, -0.15) is 8.42 Å². The maximum Gasteiger partial charge on any atom is 0.316 e. The fraction of sp³-hybridized carbons (Fsp3) is 0. The van der Waals surface area contributed by atoms with E-state index in [4.69, 9.17) is 22.3 Å². The number of nitrogens with zero attached hydrogens (tertiary/aromatic N) is 1. The standard InChI is InChI=1S/C3H8N6O2S/c4-1(5)2(6)9-12(10,11)3(7)8/h(H3,4,5)(H2,6,9)(H3,7,8). The van der Waals surface area contributed by atoms with Crippen LogP contribution in [0.4, 0.5) is 0 Å². The van der Waals surface area contributed by atoms with Gasteiger partial charge in [0.1, 0.15) is 0 Å². The van der Waals surface area contributed by atoms with Gasteiger partial charge < -0.3 is 17.2 Å². The first-order valence-corrected chi connectivity index (χ1v) is 4.00. The predicted octanol–water partition coefficient (Wildman–Crippen LogP) is -2.50. The first kappa shape index (κ1) is 10.4. The Morgan fingerprint density at radius 2 is 1.58 bits per heavy atom. The van der Waals surface area contributed by atoms with Crippen LogP contribution in [0.1, 0.15) is 0 Å². The average Bonchev–Trinajstić information content (AvgIpc) is 1.85.